The Kier molecular flexibility index (Phi) is 15.3. The van der Waals surface area contributed by atoms with E-state index in [4.69, 9.17) is 14.5 Å². The Morgan fingerprint density at radius 3 is 2.04 bits per heavy atom. The highest BCUT2D eigenvalue weighted by Crippen LogP contribution is 2.55. The molecule has 3 nitrogen and oxygen atoms in total. The second kappa shape index (κ2) is 17.5. The number of benzene rings is 2. The van der Waals surface area contributed by atoms with Crippen LogP contribution in [0.25, 0.3) is 0 Å². The van der Waals surface area contributed by atoms with E-state index in [1.54, 1.807) is 7.11 Å². The Hall–Kier alpha value is -1.70. The van der Waals surface area contributed by atoms with Crippen LogP contribution in [0.5, 0.6) is 5.75 Å². The van der Waals surface area contributed by atoms with E-state index in [1.807, 2.05) is 0 Å². The fourth-order valence-electron chi connectivity index (χ4n) is 6.14. The molecule has 0 aliphatic rings. The van der Waals surface area contributed by atoms with Gasteiger partial charge >= 0.3 is 0 Å². The summed E-state index contributed by atoms with van der Waals surface area (Å²) in [6.07, 6.45) is 12.9. The number of methoxy groups -OCH3 is 1. The van der Waals surface area contributed by atoms with Gasteiger partial charge < -0.3 is 9.47 Å². The minimum atomic E-state index is -0.115. The topological polar surface area (TPSA) is 30.8 Å². The van der Waals surface area contributed by atoms with Gasteiger partial charge in [-0.15, -0.1) is 0 Å². The van der Waals surface area contributed by atoms with Crippen LogP contribution in [0.2, 0.25) is 0 Å². The standard InChI is InChI=1S/C41H68NO2P/c1-14-17-19-23-31(4)40(11,12)34-27-33(38(5,6)7)28-35(37(34)44-30-43-13)41(16-3,26-22-18-15-2)45-36-25-21-20-24-32(36)29-42-39(8,9)10/h20-21,24-25,27-29,31,45H,14-19,22-23,26,30H2,1-13H3. The first-order valence-corrected chi connectivity index (χ1v) is 18.8. The van der Waals surface area contributed by atoms with E-state index >= 15 is 0 Å². The highest BCUT2D eigenvalue weighted by molar-refractivity contribution is 7.48. The molecular weight excluding hydrogens is 569 g/mol. The lowest BCUT2D eigenvalue weighted by Gasteiger charge is -2.41. The van der Waals surface area contributed by atoms with Gasteiger partial charge in [0.25, 0.3) is 0 Å². The zero-order chi connectivity index (χ0) is 33.9. The lowest BCUT2D eigenvalue weighted by molar-refractivity contribution is 0.0478. The second-order valence-electron chi connectivity index (χ2n) is 15.9. The second-order valence-corrected chi connectivity index (χ2v) is 17.6. The Labute approximate surface area is 280 Å². The van der Waals surface area contributed by atoms with Crippen LogP contribution in [0.15, 0.2) is 41.4 Å². The number of aliphatic imine (C=N–C) groups is 1. The maximum Gasteiger partial charge on any atom is 0.188 e. The predicted octanol–water partition coefficient (Wildman–Crippen LogP) is 11.9. The summed E-state index contributed by atoms with van der Waals surface area (Å²) in [4.78, 5) is 4.93. The van der Waals surface area contributed by atoms with Crippen molar-refractivity contribution >= 4 is 20.1 Å². The number of hydrogen-bond donors (Lipinski definition) is 0. The Balaban J connectivity index is 2.96. The van der Waals surface area contributed by atoms with Crippen LogP contribution >= 0.6 is 8.58 Å². The average molecular weight is 638 g/mol. The monoisotopic (exact) mass is 637 g/mol. The van der Waals surface area contributed by atoms with Gasteiger partial charge in [-0.1, -0.05) is 146 Å². The minimum Gasteiger partial charge on any atom is -0.467 e. The lowest BCUT2D eigenvalue weighted by Crippen LogP contribution is -2.32. The number of rotatable bonds is 18. The normalized spacial score (nSPS) is 15.2. The first-order valence-electron chi connectivity index (χ1n) is 17.8. The van der Waals surface area contributed by atoms with Crippen molar-refractivity contribution in [3.05, 3.63) is 58.7 Å². The Bertz CT molecular complexity index is 1200. The Morgan fingerprint density at radius 1 is 0.844 bits per heavy atom. The molecule has 4 heteroatoms. The van der Waals surface area contributed by atoms with E-state index in [0.717, 1.165) is 18.6 Å². The van der Waals surface area contributed by atoms with Gasteiger partial charge in [0.05, 0.1) is 5.54 Å². The number of unbranched alkanes of at least 4 members (excludes halogenated alkanes) is 4. The molecule has 0 saturated heterocycles. The lowest BCUT2D eigenvalue weighted by atomic mass is 9.69. The third kappa shape index (κ3) is 11.2. The zero-order valence-corrected chi connectivity index (χ0v) is 32.5. The van der Waals surface area contributed by atoms with Crippen molar-refractivity contribution in [2.24, 2.45) is 10.9 Å². The maximum absolute atomic E-state index is 6.78. The fraction of sp³-hybridized carbons (Fsp3) is 0.683. The first kappa shape index (κ1) is 39.5. The van der Waals surface area contributed by atoms with Gasteiger partial charge in [0.15, 0.2) is 6.79 Å². The molecule has 3 unspecified atom stereocenters. The predicted molar refractivity (Wildman–Crippen MR) is 202 cm³/mol. The average Bonchev–Trinajstić information content (AvgIpc) is 2.97. The van der Waals surface area contributed by atoms with Crippen LogP contribution in [-0.4, -0.2) is 25.7 Å². The molecule has 2 rings (SSSR count). The summed E-state index contributed by atoms with van der Waals surface area (Å²) < 4.78 is 12.4. The quantitative estimate of drug-likeness (QED) is 0.0705. The van der Waals surface area contributed by atoms with Crippen molar-refractivity contribution in [3.8, 4) is 5.75 Å². The number of nitrogens with zero attached hydrogens (tertiary/aromatic N) is 1. The van der Waals surface area contributed by atoms with Crippen LogP contribution in [0.3, 0.4) is 0 Å². The number of hydrogen-bond acceptors (Lipinski definition) is 3. The summed E-state index contributed by atoms with van der Waals surface area (Å²) in [5.74, 6) is 1.58. The van der Waals surface area contributed by atoms with Gasteiger partial charge in [-0.2, -0.15) is 0 Å². The zero-order valence-electron chi connectivity index (χ0n) is 31.5. The van der Waals surface area contributed by atoms with Gasteiger partial charge in [-0.3, -0.25) is 4.99 Å². The summed E-state index contributed by atoms with van der Waals surface area (Å²) in [5.41, 5.74) is 5.17. The van der Waals surface area contributed by atoms with E-state index in [-0.39, 0.29) is 28.3 Å². The summed E-state index contributed by atoms with van der Waals surface area (Å²) in [7, 11) is 2.33. The van der Waals surface area contributed by atoms with E-state index in [1.165, 1.54) is 72.5 Å². The van der Waals surface area contributed by atoms with Crippen molar-refractivity contribution in [1.82, 2.24) is 0 Å². The molecule has 0 aliphatic carbocycles. The molecule has 0 heterocycles. The summed E-state index contributed by atoms with van der Waals surface area (Å²) >= 11 is 0. The van der Waals surface area contributed by atoms with E-state index in [2.05, 4.69) is 126 Å². The van der Waals surface area contributed by atoms with Gasteiger partial charge in [-0.25, -0.2) is 0 Å². The van der Waals surface area contributed by atoms with Crippen LogP contribution < -0.4 is 10.0 Å². The smallest absolute Gasteiger partial charge is 0.188 e. The van der Waals surface area contributed by atoms with Crippen LogP contribution in [0.1, 0.15) is 163 Å². The summed E-state index contributed by atoms with van der Waals surface area (Å²) in [6.45, 7) is 28.1. The van der Waals surface area contributed by atoms with Crippen molar-refractivity contribution in [3.63, 3.8) is 0 Å². The van der Waals surface area contributed by atoms with Crippen LogP contribution in [0, 0.1) is 5.92 Å². The maximum atomic E-state index is 6.78. The largest absolute Gasteiger partial charge is 0.467 e. The van der Waals surface area contributed by atoms with Gasteiger partial charge in [-0.05, 0) is 73.2 Å². The summed E-state index contributed by atoms with van der Waals surface area (Å²) in [6, 6.07) is 13.9. The van der Waals surface area contributed by atoms with Crippen molar-refractivity contribution in [2.45, 2.75) is 162 Å². The summed E-state index contributed by atoms with van der Waals surface area (Å²) in [5, 5.41) is 1.32. The fourth-order valence-corrected chi connectivity index (χ4v) is 7.92. The molecule has 0 fully saturated rings. The van der Waals surface area contributed by atoms with Gasteiger partial charge in [0.2, 0.25) is 0 Å². The molecule has 0 aromatic heterocycles. The number of ether oxygens (including phenoxy) is 2. The molecule has 0 spiro atoms. The molecule has 3 atom stereocenters. The van der Waals surface area contributed by atoms with Gasteiger partial charge in [0.1, 0.15) is 5.75 Å². The van der Waals surface area contributed by atoms with Crippen molar-refractivity contribution in [1.29, 1.82) is 0 Å². The van der Waals surface area contributed by atoms with E-state index < -0.39 is 0 Å². The first-order chi connectivity index (χ1) is 21.1. The van der Waals surface area contributed by atoms with Gasteiger partial charge in [0, 0.05) is 29.6 Å². The van der Waals surface area contributed by atoms with Crippen LogP contribution in [-0.2, 0) is 20.7 Å². The highest BCUT2D eigenvalue weighted by atomic mass is 31.1. The Morgan fingerprint density at radius 2 is 1.47 bits per heavy atom. The molecule has 2 aromatic carbocycles. The third-order valence-corrected chi connectivity index (χ3v) is 11.8. The van der Waals surface area contributed by atoms with Crippen molar-refractivity contribution < 1.29 is 9.47 Å². The molecule has 0 radical (unpaired) electrons. The molecule has 45 heavy (non-hydrogen) atoms. The molecule has 0 bridgehead atoms. The molecule has 2 aromatic rings. The molecule has 254 valence electrons. The molecule has 0 N–H and O–H groups in total. The molecule has 0 saturated carbocycles. The van der Waals surface area contributed by atoms with E-state index in [0.29, 0.717) is 14.5 Å². The SMILES string of the molecule is CCCCCC(C)C(C)(C)c1cc(C(C)(C)C)cc(C(CC)(CCCCC)Pc2ccccc2C=NC(C)(C)C)c1OCOC. The van der Waals surface area contributed by atoms with Crippen molar-refractivity contribution in [2.75, 3.05) is 13.9 Å². The van der Waals surface area contributed by atoms with Crippen LogP contribution in [0.4, 0.5) is 0 Å². The molecular formula is C41H68NO2P. The molecule has 0 aliphatic heterocycles. The minimum absolute atomic E-state index is 0.00804. The highest BCUT2D eigenvalue weighted by Gasteiger charge is 2.40. The molecule has 0 amide bonds. The van der Waals surface area contributed by atoms with E-state index in [9.17, 15) is 0 Å². The third-order valence-electron chi connectivity index (χ3n) is 9.69.